The first-order chi connectivity index (χ1) is 9.65. The van der Waals surface area contributed by atoms with E-state index in [0.29, 0.717) is 18.9 Å². The first-order valence-electron chi connectivity index (χ1n) is 7.37. The van der Waals surface area contributed by atoms with Crippen LogP contribution in [0.3, 0.4) is 0 Å². The van der Waals surface area contributed by atoms with Crippen LogP contribution < -0.4 is 10.6 Å². The Bertz CT molecular complexity index is 456. The number of benzene rings is 1. The highest BCUT2D eigenvalue weighted by Gasteiger charge is 2.15. The second-order valence-corrected chi connectivity index (χ2v) is 5.57. The van der Waals surface area contributed by atoms with Crippen LogP contribution in [0.15, 0.2) is 18.2 Å². The van der Waals surface area contributed by atoms with Crippen molar-refractivity contribution in [1.29, 1.82) is 0 Å². The Kier molecular flexibility index (Phi) is 5.53. The molecule has 0 bridgehead atoms. The Morgan fingerprint density at radius 1 is 1.50 bits per heavy atom. The second-order valence-electron chi connectivity index (χ2n) is 5.57. The van der Waals surface area contributed by atoms with Gasteiger partial charge in [-0.25, -0.2) is 4.39 Å². The third kappa shape index (κ3) is 4.60. The fourth-order valence-electron chi connectivity index (χ4n) is 2.66. The number of hydrogen-bond acceptors (Lipinski definition) is 2. The van der Waals surface area contributed by atoms with Crippen molar-refractivity contribution in [2.75, 3.05) is 19.6 Å². The van der Waals surface area contributed by atoms with Gasteiger partial charge < -0.3 is 10.6 Å². The molecule has 1 aromatic carbocycles. The minimum atomic E-state index is -0.208. The Morgan fingerprint density at radius 3 is 3.05 bits per heavy atom. The lowest BCUT2D eigenvalue weighted by molar-refractivity contribution is -0.121. The van der Waals surface area contributed by atoms with E-state index in [1.807, 2.05) is 6.92 Å². The molecule has 0 aromatic heterocycles. The van der Waals surface area contributed by atoms with Crippen LogP contribution in [0.1, 0.15) is 30.4 Å². The molecule has 0 radical (unpaired) electrons. The summed E-state index contributed by atoms with van der Waals surface area (Å²) in [6.07, 6.45) is 3.51. The summed E-state index contributed by atoms with van der Waals surface area (Å²) in [5.41, 5.74) is 2.03. The number of aryl methyl sites for hydroxylation is 1. The summed E-state index contributed by atoms with van der Waals surface area (Å²) in [7, 11) is 0. The molecule has 1 unspecified atom stereocenters. The van der Waals surface area contributed by atoms with Crippen LogP contribution in [-0.2, 0) is 11.2 Å². The van der Waals surface area contributed by atoms with Gasteiger partial charge in [0.05, 0.1) is 0 Å². The predicted molar refractivity (Wildman–Crippen MR) is 78.1 cm³/mol. The van der Waals surface area contributed by atoms with E-state index >= 15 is 0 Å². The van der Waals surface area contributed by atoms with Crippen LogP contribution in [0.4, 0.5) is 4.39 Å². The Morgan fingerprint density at radius 2 is 2.35 bits per heavy atom. The molecule has 2 rings (SSSR count). The van der Waals surface area contributed by atoms with Crippen molar-refractivity contribution in [3.05, 3.63) is 35.1 Å². The quantitative estimate of drug-likeness (QED) is 0.837. The van der Waals surface area contributed by atoms with Gasteiger partial charge in [-0.2, -0.15) is 0 Å². The third-order valence-electron chi connectivity index (χ3n) is 3.96. The zero-order chi connectivity index (χ0) is 14.4. The first-order valence-corrected chi connectivity index (χ1v) is 7.37. The van der Waals surface area contributed by atoms with E-state index in [-0.39, 0.29) is 11.7 Å². The topological polar surface area (TPSA) is 41.1 Å². The summed E-state index contributed by atoms with van der Waals surface area (Å²) in [4.78, 5) is 11.7. The minimum Gasteiger partial charge on any atom is -0.356 e. The number of nitrogens with one attached hydrogen (secondary N) is 2. The maximum absolute atomic E-state index is 13.0. The molecule has 0 spiro atoms. The molecular weight excluding hydrogens is 255 g/mol. The maximum atomic E-state index is 13.0. The number of carbonyl (C=O) groups is 1. The van der Waals surface area contributed by atoms with E-state index in [2.05, 4.69) is 10.6 Å². The van der Waals surface area contributed by atoms with Crippen LogP contribution in [0.5, 0.6) is 0 Å². The predicted octanol–water partition coefficient (Wildman–Crippen LogP) is 2.18. The number of rotatable bonds is 6. The molecule has 0 aliphatic carbocycles. The van der Waals surface area contributed by atoms with Gasteiger partial charge in [-0.3, -0.25) is 4.79 Å². The summed E-state index contributed by atoms with van der Waals surface area (Å²) in [6, 6.07) is 4.79. The van der Waals surface area contributed by atoms with Crippen LogP contribution in [0, 0.1) is 18.7 Å². The van der Waals surface area contributed by atoms with Gasteiger partial charge in [0, 0.05) is 13.0 Å². The number of amides is 1. The lowest BCUT2D eigenvalue weighted by Gasteiger charge is -2.10. The molecule has 3 nitrogen and oxygen atoms in total. The third-order valence-corrected chi connectivity index (χ3v) is 3.96. The Hall–Kier alpha value is -1.42. The van der Waals surface area contributed by atoms with Gasteiger partial charge in [0.2, 0.25) is 5.91 Å². The van der Waals surface area contributed by atoms with E-state index in [9.17, 15) is 9.18 Å². The molecule has 1 aromatic rings. The molecule has 0 saturated carbocycles. The van der Waals surface area contributed by atoms with Gasteiger partial charge in [0.25, 0.3) is 0 Å². The second kappa shape index (κ2) is 7.39. The number of hydrogen-bond donors (Lipinski definition) is 2. The molecule has 110 valence electrons. The van der Waals surface area contributed by atoms with Gasteiger partial charge in [-0.1, -0.05) is 6.07 Å². The fraction of sp³-hybridized carbons (Fsp3) is 0.562. The van der Waals surface area contributed by atoms with E-state index in [1.165, 1.54) is 18.6 Å². The van der Waals surface area contributed by atoms with Crippen molar-refractivity contribution in [1.82, 2.24) is 10.6 Å². The van der Waals surface area contributed by atoms with Crippen LogP contribution in [0.2, 0.25) is 0 Å². The molecular formula is C16H23FN2O. The standard InChI is InChI=1S/C16H23FN2O/c1-12-10-15(17)4-3-14(12)7-9-19-16(20)5-2-13-6-8-18-11-13/h3-4,10,13,18H,2,5-9,11H2,1H3,(H,19,20). The van der Waals surface area contributed by atoms with E-state index in [1.54, 1.807) is 6.07 Å². The zero-order valence-electron chi connectivity index (χ0n) is 12.0. The van der Waals surface area contributed by atoms with Gasteiger partial charge >= 0.3 is 0 Å². The highest BCUT2D eigenvalue weighted by molar-refractivity contribution is 5.75. The lowest BCUT2D eigenvalue weighted by Crippen LogP contribution is -2.26. The fourth-order valence-corrected chi connectivity index (χ4v) is 2.66. The van der Waals surface area contributed by atoms with Crippen LogP contribution in [-0.4, -0.2) is 25.5 Å². The molecule has 2 N–H and O–H groups in total. The van der Waals surface area contributed by atoms with Gasteiger partial charge in [0.1, 0.15) is 5.82 Å². The number of carbonyl (C=O) groups excluding carboxylic acids is 1. The normalized spacial score (nSPS) is 18.2. The van der Waals surface area contributed by atoms with Crippen LogP contribution in [0.25, 0.3) is 0 Å². The average molecular weight is 278 g/mol. The molecule has 20 heavy (non-hydrogen) atoms. The van der Waals surface area contributed by atoms with Gasteiger partial charge in [-0.15, -0.1) is 0 Å². The zero-order valence-corrected chi connectivity index (χ0v) is 12.0. The maximum Gasteiger partial charge on any atom is 0.220 e. The number of halogens is 1. The van der Waals surface area contributed by atoms with Crippen molar-refractivity contribution in [3.8, 4) is 0 Å². The molecule has 1 fully saturated rings. The van der Waals surface area contributed by atoms with E-state index < -0.39 is 0 Å². The van der Waals surface area contributed by atoms with Gasteiger partial charge in [0.15, 0.2) is 0 Å². The summed E-state index contributed by atoms with van der Waals surface area (Å²) in [5, 5.41) is 6.25. The Balaban J connectivity index is 1.65. The minimum absolute atomic E-state index is 0.122. The van der Waals surface area contributed by atoms with E-state index in [0.717, 1.165) is 37.1 Å². The monoisotopic (exact) mass is 278 g/mol. The highest BCUT2D eigenvalue weighted by atomic mass is 19.1. The molecule has 1 saturated heterocycles. The first kappa shape index (κ1) is 15.0. The highest BCUT2D eigenvalue weighted by Crippen LogP contribution is 2.14. The molecule has 1 aliphatic rings. The Labute approximate surface area is 120 Å². The van der Waals surface area contributed by atoms with Crippen molar-refractivity contribution in [3.63, 3.8) is 0 Å². The van der Waals surface area contributed by atoms with Crippen LogP contribution >= 0.6 is 0 Å². The molecule has 1 atom stereocenters. The summed E-state index contributed by atoms with van der Waals surface area (Å²) >= 11 is 0. The summed E-state index contributed by atoms with van der Waals surface area (Å²) in [6.45, 7) is 4.64. The van der Waals surface area contributed by atoms with Crippen molar-refractivity contribution >= 4 is 5.91 Å². The SMILES string of the molecule is Cc1cc(F)ccc1CCNC(=O)CCC1CCNC1. The van der Waals surface area contributed by atoms with Crippen molar-refractivity contribution in [2.24, 2.45) is 5.92 Å². The average Bonchev–Trinajstić information content (AvgIpc) is 2.92. The van der Waals surface area contributed by atoms with Crippen molar-refractivity contribution < 1.29 is 9.18 Å². The molecule has 1 heterocycles. The molecule has 1 aliphatic heterocycles. The molecule has 1 amide bonds. The largest absolute Gasteiger partial charge is 0.356 e. The van der Waals surface area contributed by atoms with Gasteiger partial charge in [-0.05, 0) is 68.5 Å². The summed E-state index contributed by atoms with van der Waals surface area (Å²) in [5.74, 6) is 0.567. The van der Waals surface area contributed by atoms with E-state index in [4.69, 9.17) is 0 Å². The lowest BCUT2D eigenvalue weighted by atomic mass is 10.0. The van der Waals surface area contributed by atoms with Crippen molar-refractivity contribution in [2.45, 2.75) is 32.6 Å². The summed E-state index contributed by atoms with van der Waals surface area (Å²) < 4.78 is 13.0. The smallest absolute Gasteiger partial charge is 0.220 e. The molecule has 4 heteroatoms.